The van der Waals surface area contributed by atoms with Gasteiger partial charge in [-0.1, -0.05) is 60.7 Å². The Labute approximate surface area is 132 Å². The van der Waals surface area contributed by atoms with Crippen LogP contribution >= 0.6 is 0 Å². The fourth-order valence-corrected chi connectivity index (χ4v) is 3.09. The third-order valence-electron chi connectivity index (χ3n) is 4.06. The SMILES string of the molecule is COc1ccc2ccccc2c1C(c1ccccc1)N(C)C. The van der Waals surface area contributed by atoms with Gasteiger partial charge in [-0.05, 0) is 36.5 Å². The molecule has 0 radical (unpaired) electrons. The first-order valence-corrected chi connectivity index (χ1v) is 7.49. The second-order valence-corrected chi connectivity index (χ2v) is 5.68. The highest BCUT2D eigenvalue weighted by Gasteiger charge is 2.22. The molecule has 3 aromatic carbocycles. The minimum absolute atomic E-state index is 0.155. The molecule has 0 bridgehead atoms. The topological polar surface area (TPSA) is 12.5 Å². The molecule has 3 rings (SSSR count). The number of ether oxygens (including phenoxy) is 1. The van der Waals surface area contributed by atoms with Gasteiger partial charge in [0.25, 0.3) is 0 Å². The largest absolute Gasteiger partial charge is 0.496 e. The summed E-state index contributed by atoms with van der Waals surface area (Å²) in [4.78, 5) is 2.24. The molecule has 0 spiro atoms. The van der Waals surface area contributed by atoms with Crippen molar-refractivity contribution in [3.8, 4) is 5.75 Å². The number of nitrogens with zero attached hydrogens (tertiary/aromatic N) is 1. The average molecular weight is 291 g/mol. The minimum Gasteiger partial charge on any atom is -0.496 e. The second kappa shape index (κ2) is 6.20. The quantitative estimate of drug-likeness (QED) is 0.702. The van der Waals surface area contributed by atoms with Crippen molar-refractivity contribution >= 4 is 10.8 Å². The normalized spacial score (nSPS) is 12.5. The van der Waals surface area contributed by atoms with Crippen LogP contribution in [0.25, 0.3) is 10.8 Å². The molecular formula is C20H21NO. The maximum absolute atomic E-state index is 5.68. The Kier molecular flexibility index (Phi) is 4.12. The molecule has 2 nitrogen and oxygen atoms in total. The molecule has 112 valence electrons. The molecule has 3 aromatic rings. The molecule has 1 atom stereocenters. The lowest BCUT2D eigenvalue weighted by Gasteiger charge is -2.28. The van der Waals surface area contributed by atoms with Crippen molar-refractivity contribution in [2.75, 3.05) is 21.2 Å². The molecule has 0 aliphatic rings. The van der Waals surface area contributed by atoms with Crippen molar-refractivity contribution in [3.63, 3.8) is 0 Å². The summed E-state index contributed by atoms with van der Waals surface area (Å²) in [6.45, 7) is 0. The van der Waals surface area contributed by atoms with Crippen molar-refractivity contribution < 1.29 is 4.74 Å². The summed E-state index contributed by atoms with van der Waals surface area (Å²) < 4.78 is 5.68. The van der Waals surface area contributed by atoms with Crippen molar-refractivity contribution in [1.29, 1.82) is 0 Å². The lowest BCUT2D eigenvalue weighted by molar-refractivity contribution is 0.329. The van der Waals surface area contributed by atoms with Crippen LogP contribution in [0.2, 0.25) is 0 Å². The summed E-state index contributed by atoms with van der Waals surface area (Å²) in [7, 11) is 5.96. The molecule has 0 fully saturated rings. The van der Waals surface area contributed by atoms with Gasteiger partial charge >= 0.3 is 0 Å². The zero-order valence-corrected chi connectivity index (χ0v) is 13.3. The molecule has 2 heteroatoms. The molecule has 0 saturated carbocycles. The van der Waals surface area contributed by atoms with E-state index in [2.05, 4.69) is 85.7 Å². The first-order valence-electron chi connectivity index (χ1n) is 7.49. The highest BCUT2D eigenvalue weighted by atomic mass is 16.5. The van der Waals surface area contributed by atoms with Gasteiger partial charge in [0, 0.05) is 5.56 Å². The van der Waals surface area contributed by atoms with Crippen LogP contribution in [-0.2, 0) is 0 Å². The lowest BCUT2D eigenvalue weighted by atomic mass is 9.92. The van der Waals surface area contributed by atoms with Crippen molar-refractivity contribution in [2.45, 2.75) is 6.04 Å². The molecule has 0 aliphatic carbocycles. The maximum Gasteiger partial charge on any atom is 0.124 e. The van der Waals surface area contributed by atoms with Crippen molar-refractivity contribution in [2.24, 2.45) is 0 Å². The number of methoxy groups -OCH3 is 1. The summed E-state index contributed by atoms with van der Waals surface area (Å²) in [5.41, 5.74) is 2.49. The van der Waals surface area contributed by atoms with E-state index in [1.54, 1.807) is 7.11 Å². The van der Waals surface area contributed by atoms with Gasteiger partial charge in [-0.25, -0.2) is 0 Å². The van der Waals surface area contributed by atoms with Gasteiger partial charge < -0.3 is 4.74 Å². The van der Waals surface area contributed by atoms with Gasteiger partial charge in [-0.15, -0.1) is 0 Å². The van der Waals surface area contributed by atoms with Crippen LogP contribution in [-0.4, -0.2) is 26.1 Å². The molecule has 0 saturated heterocycles. The van der Waals surface area contributed by atoms with Crippen LogP contribution in [0.3, 0.4) is 0 Å². The molecule has 22 heavy (non-hydrogen) atoms. The predicted octanol–water partition coefficient (Wildman–Crippen LogP) is 4.50. The van der Waals surface area contributed by atoms with E-state index in [0.717, 1.165) is 5.75 Å². The summed E-state index contributed by atoms with van der Waals surface area (Å²) in [5, 5.41) is 2.48. The molecule has 0 aliphatic heterocycles. The van der Waals surface area contributed by atoms with Crippen LogP contribution in [0.1, 0.15) is 17.2 Å². The van der Waals surface area contributed by atoms with Gasteiger partial charge in [0.05, 0.1) is 13.2 Å². The van der Waals surface area contributed by atoms with E-state index in [1.807, 2.05) is 0 Å². The predicted molar refractivity (Wildman–Crippen MR) is 92.5 cm³/mol. The Bertz CT molecular complexity index is 765. The minimum atomic E-state index is 0.155. The Morgan fingerprint density at radius 1 is 0.818 bits per heavy atom. The van der Waals surface area contributed by atoms with E-state index in [9.17, 15) is 0 Å². The summed E-state index contributed by atoms with van der Waals surface area (Å²) >= 11 is 0. The first-order chi connectivity index (χ1) is 10.7. The number of benzene rings is 3. The monoisotopic (exact) mass is 291 g/mol. The fourth-order valence-electron chi connectivity index (χ4n) is 3.09. The number of hydrogen-bond acceptors (Lipinski definition) is 2. The molecule has 0 aromatic heterocycles. The standard InChI is InChI=1S/C20H21NO/c1-21(2)20(16-10-5-4-6-11-16)19-17-12-8-7-9-15(17)13-14-18(19)22-3/h4-14,20H,1-3H3. The molecule has 0 N–H and O–H groups in total. The lowest BCUT2D eigenvalue weighted by Crippen LogP contribution is -2.22. The van der Waals surface area contributed by atoms with E-state index in [-0.39, 0.29) is 6.04 Å². The smallest absolute Gasteiger partial charge is 0.124 e. The summed E-state index contributed by atoms with van der Waals surface area (Å²) in [6, 6.07) is 23.4. The van der Waals surface area contributed by atoms with E-state index in [4.69, 9.17) is 4.74 Å². The van der Waals surface area contributed by atoms with Crippen LogP contribution in [0.4, 0.5) is 0 Å². The summed E-state index contributed by atoms with van der Waals surface area (Å²) in [6.07, 6.45) is 0. The highest BCUT2D eigenvalue weighted by molar-refractivity contribution is 5.88. The Hall–Kier alpha value is -2.32. The van der Waals surface area contributed by atoms with E-state index >= 15 is 0 Å². The Morgan fingerprint density at radius 2 is 1.50 bits per heavy atom. The number of hydrogen-bond donors (Lipinski definition) is 0. The Balaban J connectivity index is 2.29. The van der Waals surface area contributed by atoms with Crippen LogP contribution in [0, 0.1) is 0 Å². The summed E-state index contributed by atoms with van der Waals surface area (Å²) in [5.74, 6) is 0.932. The number of fused-ring (bicyclic) bond motifs is 1. The zero-order chi connectivity index (χ0) is 15.5. The van der Waals surface area contributed by atoms with E-state index in [0.29, 0.717) is 0 Å². The Morgan fingerprint density at radius 3 is 2.18 bits per heavy atom. The molecule has 0 amide bonds. The fraction of sp³-hybridized carbons (Fsp3) is 0.200. The van der Waals surface area contributed by atoms with E-state index < -0.39 is 0 Å². The third-order valence-corrected chi connectivity index (χ3v) is 4.06. The maximum atomic E-state index is 5.68. The van der Waals surface area contributed by atoms with Crippen LogP contribution < -0.4 is 4.74 Å². The second-order valence-electron chi connectivity index (χ2n) is 5.68. The highest BCUT2D eigenvalue weighted by Crippen LogP contribution is 2.38. The van der Waals surface area contributed by atoms with Crippen LogP contribution in [0.15, 0.2) is 66.7 Å². The van der Waals surface area contributed by atoms with Gasteiger partial charge in [-0.2, -0.15) is 0 Å². The molecular weight excluding hydrogens is 270 g/mol. The zero-order valence-electron chi connectivity index (χ0n) is 13.3. The third kappa shape index (κ3) is 2.58. The van der Waals surface area contributed by atoms with E-state index in [1.165, 1.54) is 21.9 Å². The van der Waals surface area contributed by atoms with Gasteiger partial charge in [-0.3, -0.25) is 4.90 Å². The molecule has 0 heterocycles. The average Bonchev–Trinajstić information content (AvgIpc) is 2.56. The van der Waals surface area contributed by atoms with Gasteiger partial charge in [0.2, 0.25) is 0 Å². The van der Waals surface area contributed by atoms with Gasteiger partial charge in [0.15, 0.2) is 0 Å². The van der Waals surface area contributed by atoms with Crippen LogP contribution in [0.5, 0.6) is 5.75 Å². The van der Waals surface area contributed by atoms with Crippen molar-refractivity contribution in [3.05, 3.63) is 77.9 Å². The number of rotatable bonds is 4. The first kappa shape index (κ1) is 14.6. The van der Waals surface area contributed by atoms with Gasteiger partial charge in [0.1, 0.15) is 5.75 Å². The van der Waals surface area contributed by atoms with Crippen molar-refractivity contribution in [1.82, 2.24) is 4.90 Å². The molecule has 1 unspecified atom stereocenters.